The molecule has 0 saturated carbocycles. The van der Waals surface area contributed by atoms with Gasteiger partial charge in [-0.25, -0.2) is 10.1 Å². The van der Waals surface area contributed by atoms with Crippen LogP contribution >= 0.6 is 0 Å². The van der Waals surface area contributed by atoms with Crippen LogP contribution in [0.4, 0.5) is 0 Å². The van der Waals surface area contributed by atoms with Gasteiger partial charge in [0.1, 0.15) is 6.54 Å². The maximum absolute atomic E-state index is 12.9. The molecule has 1 heterocycles. The standard InChI is InChI=1S/C25H22N4O4/c1-32-21-13-12-17(14-22(21)33-2)15-26-27-23(30)16-29-25(31)20-11-7-6-10-19(20)24(28-29)18-8-4-3-5-9-18/h3-15H,16H2,1-2H3,(H,27,30)/b26-15-. The molecule has 0 saturated heterocycles. The molecule has 4 aromatic rings. The summed E-state index contributed by atoms with van der Waals surface area (Å²) in [6, 6.07) is 22.0. The van der Waals surface area contributed by atoms with E-state index < -0.39 is 5.91 Å². The molecule has 166 valence electrons. The van der Waals surface area contributed by atoms with E-state index in [0.717, 1.165) is 15.6 Å². The largest absolute Gasteiger partial charge is 0.493 e. The van der Waals surface area contributed by atoms with Crippen LogP contribution in [0.3, 0.4) is 0 Å². The van der Waals surface area contributed by atoms with Gasteiger partial charge in [-0.15, -0.1) is 0 Å². The highest BCUT2D eigenvalue weighted by Gasteiger charge is 2.14. The number of nitrogens with one attached hydrogen (secondary N) is 1. The Balaban J connectivity index is 1.57. The zero-order valence-corrected chi connectivity index (χ0v) is 18.2. The molecule has 0 radical (unpaired) electrons. The van der Waals surface area contributed by atoms with Gasteiger partial charge >= 0.3 is 0 Å². The van der Waals surface area contributed by atoms with Gasteiger partial charge in [0, 0.05) is 10.9 Å². The van der Waals surface area contributed by atoms with Crippen LogP contribution in [0.2, 0.25) is 0 Å². The Kier molecular flexibility index (Phi) is 6.45. The molecule has 0 atom stereocenters. The molecule has 0 unspecified atom stereocenters. The summed E-state index contributed by atoms with van der Waals surface area (Å²) in [4.78, 5) is 25.4. The van der Waals surface area contributed by atoms with Crippen molar-refractivity contribution in [2.75, 3.05) is 14.2 Å². The van der Waals surface area contributed by atoms with Crippen molar-refractivity contribution in [2.45, 2.75) is 6.54 Å². The molecule has 0 spiro atoms. The minimum atomic E-state index is -0.476. The second-order valence-electron chi connectivity index (χ2n) is 7.13. The highest BCUT2D eigenvalue weighted by molar-refractivity contribution is 5.94. The van der Waals surface area contributed by atoms with Crippen LogP contribution in [0.1, 0.15) is 5.56 Å². The first-order chi connectivity index (χ1) is 16.1. The topological polar surface area (TPSA) is 94.8 Å². The quantitative estimate of drug-likeness (QED) is 0.350. The number of nitrogens with zero attached hydrogens (tertiary/aromatic N) is 3. The molecule has 8 heteroatoms. The molecule has 0 fully saturated rings. The third kappa shape index (κ3) is 4.74. The van der Waals surface area contributed by atoms with E-state index in [4.69, 9.17) is 9.47 Å². The molecule has 8 nitrogen and oxygen atoms in total. The van der Waals surface area contributed by atoms with Crippen LogP contribution in [0.25, 0.3) is 22.0 Å². The SMILES string of the molecule is COc1ccc(/C=N\NC(=O)Cn2nc(-c3ccccc3)c3ccccc3c2=O)cc1OC. The van der Waals surface area contributed by atoms with Crippen LogP contribution in [0.15, 0.2) is 82.7 Å². The van der Waals surface area contributed by atoms with Gasteiger partial charge in [0.15, 0.2) is 11.5 Å². The lowest BCUT2D eigenvalue weighted by atomic mass is 10.1. The smallest absolute Gasteiger partial charge is 0.275 e. The number of ether oxygens (including phenoxy) is 2. The molecule has 1 amide bonds. The molecular formula is C25H22N4O4. The highest BCUT2D eigenvalue weighted by Crippen LogP contribution is 2.27. The first kappa shape index (κ1) is 21.8. The van der Waals surface area contributed by atoms with E-state index in [1.165, 1.54) is 6.21 Å². The van der Waals surface area contributed by atoms with Gasteiger partial charge in [-0.05, 0) is 29.8 Å². The van der Waals surface area contributed by atoms with Crippen LogP contribution in [-0.2, 0) is 11.3 Å². The minimum absolute atomic E-state index is 0.271. The summed E-state index contributed by atoms with van der Waals surface area (Å²) >= 11 is 0. The first-order valence-electron chi connectivity index (χ1n) is 10.2. The van der Waals surface area contributed by atoms with Crippen molar-refractivity contribution in [3.8, 4) is 22.8 Å². The maximum atomic E-state index is 12.9. The van der Waals surface area contributed by atoms with Crippen LogP contribution in [-0.4, -0.2) is 36.1 Å². The summed E-state index contributed by atoms with van der Waals surface area (Å²) in [5, 5.41) is 9.68. The molecule has 0 bridgehead atoms. The van der Waals surface area contributed by atoms with Gasteiger partial charge in [-0.3, -0.25) is 9.59 Å². The number of hydrogen-bond donors (Lipinski definition) is 1. The average molecular weight is 442 g/mol. The summed E-state index contributed by atoms with van der Waals surface area (Å²) in [6.07, 6.45) is 1.48. The lowest BCUT2D eigenvalue weighted by Crippen LogP contribution is -2.32. The Hall–Kier alpha value is -4.46. The number of hydrazone groups is 1. The van der Waals surface area contributed by atoms with Gasteiger partial charge in [-0.1, -0.05) is 48.5 Å². The number of carbonyl (C=O) groups excluding carboxylic acids is 1. The third-order valence-electron chi connectivity index (χ3n) is 5.02. The lowest BCUT2D eigenvalue weighted by molar-refractivity contribution is -0.121. The van der Waals surface area contributed by atoms with Crippen molar-refractivity contribution in [2.24, 2.45) is 5.10 Å². The Bertz CT molecular complexity index is 1380. The van der Waals surface area contributed by atoms with Crippen LogP contribution in [0.5, 0.6) is 11.5 Å². The zero-order valence-electron chi connectivity index (χ0n) is 18.2. The fraction of sp³-hybridized carbons (Fsp3) is 0.120. The van der Waals surface area contributed by atoms with Crippen molar-refractivity contribution < 1.29 is 14.3 Å². The summed E-state index contributed by atoms with van der Waals surface area (Å²) < 4.78 is 11.6. The van der Waals surface area contributed by atoms with E-state index in [2.05, 4.69) is 15.6 Å². The fourth-order valence-corrected chi connectivity index (χ4v) is 3.43. The van der Waals surface area contributed by atoms with E-state index in [-0.39, 0.29) is 12.1 Å². The van der Waals surface area contributed by atoms with E-state index in [1.54, 1.807) is 44.6 Å². The molecule has 33 heavy (non-hydrogen) atoms. The molecule has 0 aliphatic carbocycles. The van der Waals surface area contributed by atoms with Crippen LogP contribution < -0.4 is 20.5 Å². The Morgan fingerprint density at radius 3 is 2.39 bits per heavy atom. The summed E-state index contributed by atoms with van der Waals surface area (Å²) in [7, 11) is 3.09. The number of fused-ring (bicyclic) bond motifs is 1. The second-order valence-corrected chi connectivity index (χ2v) is 7.13. The number of rotatable bonds is 7. The van der Waals surface area contributed by atoms with Crippen molar-refractivity contribution in [3.63, 3.8) is 0 Å². The molecule has 4 rings (SSSR count). The molecule has 0 aliphatic heterocycles. The summed E-state index contributed by atoms with van der Waals surface area (Å²) in [6.45, 7) is -0.271. The van der Waals surface area contributed by atoms with Crippen molar-refractivity contribution >= 4 is 22.9 Å². The molecule has 1 aromatic heterocycles. The number of hydrogen-bond acceptors (Lipinski definition) is 6. The monoisotopic (exact) mass is 442 g/mol. The Morgan fingerprint density at radius 2 is 1.67 bits per heavy atom. The fourth-order valence-electron chi connectivity index (χ4n) is 3.43. The van der Waals surface area contributed by atoms with Gasteiger partial charge in [0.25, 0.3) is 11.5 Å². The summed E-state index contributed by atoms with van der Waals surface area (Å²) in [5.41, 5.74) is 4.29. The van der Waals surface area contributed by atoms with Gasteiger partial charge in [0.05, 0.1) is 31.5 Å². The Labute approximate surface area is 190 Å². The predicted octanol–water partition coefficient (Wildman–Crippen LogP) is 3.23. The summed E-state index contributed by atoms with van der Waals surface area (Å²) in [5.74, 6) is 0.665. The number of aromatic nitrogens is 2. The Morgan fingerprint density at radius 1 is 0.970 bits per heavy atom. The predicted molar refractivity (Wildman–Crippen MR) is 127 cm³/mol. The lowest BCUT2D eigenvalue weighted by Gasteiger charge is -2.10. The van der Waals surface area contributed by atoms with Gasteiger partial charge in [-0.2, -0.15) is 10.2 Å². The van der Waals surface area contributed by atoms with Crippen molar-refractivity contribution in [1.29, 1.82) is 0 Å². The van der Waals surface area contributed by atoms with Crippen LogP contribution in [0, 0.1) is 0 Å². The first-order valence-corrected chi connectivity index (χ1v) is 10.2. The van der Waals surface area contributed by atoms with Crippen molar-refractivity contribution in [3.05, 3.63) is 88.7 Å². The van der Waals surface area contributed by atoms with Gasteiger partial charge < -0.3 is 9.47 Å². The van der Waals surface area contributed by atoms with E-state index in [9.17, 15) is 9.59 Å². The maximum Gasteiger partial charge on any atom is 0.275 e. The number of amides is 1. The van der Waals surface area contributed by atoms with E-state index >= 15 is 0 Å². The highest BCUT2D eigenvalue weighted by atomic mass is 16.5. The number of benzene rings is 3. The second kappa shape index (κ2) is 9.78. The number of carbonyl (C=O) groups is 1. The average Bonchev–Trinajstić information content (AvgIpc) is 2.86. The minimum Gasteiger partial charge on any atom is -0.493 e. The molecule has 1 N–H and O–H groups in total. The zero-order chi connectivity index (χ0) is 23.2. The molecule has 0 aliphatic rings. The molecular weight excluding hydrogens is 420 g/mol. The molecule has 3 aromatic carbocycles. The normalized spacial score (nSPS) is 11.0. The number of methoxy groups -OCH3 is 2. The van der Waals surface area contributed by atoms with E-state index in [0.29, 0.717) is 28.1 Å². The third-order valence-corrected chi connectivity index (χ3v) is 5.02. The van der Waals surface area contributed by atoms with Crippen molar-refractivity contribution in [1.82, 2.24) is 15.2 Å². The van der Waals surface area contributed by atoms with Gasteiger partial charge in [0.2, 0.25) is 0 Å². The van der Waals surface area contributed by atoms with E-state index in [1.807, 2.05) is 42.5 Å².